The number of carbonyl (C=O) groups is 3. The lowest BCUT2D eigenvalue weighted by Crippen LogP contribution is -2.46. The molecule has 1 aliphatic heterocycles. The van der Waals surface area contributed by atoms with Gasteiger partial charge in [-0.15, -0.1) is 0 Å². The van der Waals surface area contributed by atoms with E-state index in [1.807, 2.05) is 0 Å². The molecular weight excluding hydrogens is 334 g/mol. The molecule has 1 aromatic carbocycles. The number of rotatable bonds is 5. The zero-order valence-electron chi connectivity index (χ0n) is 15.0. The van der Waals surface area contributed by atoms with Crippen molar-refractivity contribution in [3.05, 3.63) is 29.8 Å². The van der Waals surface area contributed by atoms with Gasteiger partial charge in [0, 0.05) is 25.0 Å². The molecule has 26 heavy (non-hydrogen) atoms. The Hall–Kier alpha value is -2.57. The molecule has 0 spiro atoms. The van der Waals surface area contributed by atoms with Crippen LogP contribution in [0.5, 0.6) is 0 Å². The van der Waals surface area contributed by atoms with Crippen LogP contribution >= 0.6 is 0 Å². The average molecular weight is 359 g/mol. The van der Waals surface area contributed by atoms with E-state index in [2.05, 4.69) is 10.6 Å². The van der Waals surface area contributed by atoms with Crippen LogP contribution in [0.4, 0.5) is 10.5 Å². The van der Waals surface area contributed by atoms with Crippen molar-refractivity contribution in [1.82, 2.24) is 10.2 Å². The number of hydrogen-bond acceptors (Lipinski definition) is 4. The van der Waals surface area contributed by atoms with Gasteiger partial charge in [0.05, 0.1) is 17.9 Å². The Kier molecular flexibility index (Phi) is 5.75. The second-order valence-electron chi connectivity index (χ2n) is 6.74. The summed E-state index contributed by atoms with van der Waals surface area (Å²) in [6.07, 6.45) is 3.35. The Labute approximate surface area is 153 Å². The van der Waals surface area contributed by atoms with Crippen molar-refractivity contribution in [2.24, 2.45) is 5.92 Å². The van der Waals surface area contributed by atoms with Crippen LogP contribution in [0.25, 0.3) is 0 Å². The fraction of sp³-hybridized carbons (Fsp3) is 0.526. The molecule has 7 nitrogen and oxygen atoms in total. The van der Waals surface area contributed by atoms with Gasteiger partial charge in [-0.05, 0) is 44.7 Å². The van der Waals surface area contributed by atoms with Gasteiger partial charge in [0.1, 0.15) is 0 Å². The van der Waals surface area contributed by atoms with E-state index in [0.29, 0.717) is 43.2 Å². The smallest absolute Gasteiger partial charge is 0.340 e. The van der Waals surface area contributed by atoms with Crippen LogP contribution in [0.2, 0.25) is 0 Å². The van der Waals surface area contributed by atoms with E-state index in [0.717, 1.165) is 12.8 Å². The Morgan fingerprint density at radius 3 is 2.46 bits per heavy atom. The number of urea groups is 1. The van der Waals surface area contributed by atoms with Crippen molar-refractivity contribution >= 4 is 23.6 Å². The number of para-hydroxylation sites is 1. The maximum Gasteiger partial charge on any atom is 0.340 e. The van der Waals surface area contributed by atoms with Gasteiger partial charge in [-0.2, -0.15) is 0 Å². The van der Waals surface area contributed by atoms with Gasteiger partial charge >= 0.3 is 12.0 Å². The fourth-order valence-corrected chi connectivity index (χ4v) is 3.05. The molecule has 1 aromatic rings. The number of carbonyl (C=O) groups excluding carboxylic acids is 3. The normalized spacial score (nSPS) is 17.5. The zero-order valence-corrected chi connectivity index (χ0v) is 15.0. The predicted octanol–water partition coefficient (Wildman–Crippen LogP) is 2.39. The van der Waals surface area contributed by atoms with E-state index in [1.165, 1.54) is 0 Å². The highest BCUT2D eigenvalue weighted by molar-refractivity contribution is 6.01. The van der Waals surface area contributed by atoms with Crippen molar-refractivity contribution in [2.75, 3.05) is 25.0 Å². The first-order chi connectivity index (χ1) is 12.6. The van der Waals surface area contributed by atoms with Crippen LogP contribution in [0.3, 0.4) is 0 Å². The highest BCUT2D eigenvalue weighted by atomic mass is 16.5. The summed E-state index contributed by atoms with van der Waals surface area (Å²) in [4.78, 5) is 38.4. The number of anilines is 1. The molecule has 0 atom stereocenters. The van der Waals surface area contributed by atoms with Crippen LogP contribution < -0.4 is 10.6 Å². The molecule has 0 aromatic heterocycles. The first-order valence-corrected chi connectivity index (χ1v) is 9.21. The summed E-state index contributed by atoms with van der Waals surface area (Å²) < 4.78 is 5.03. The Morgan fingerprint density at radius 1 is 1.12 bits per heavy atom. The average Bonchev–Trinajstić information content (AvgIpc) is 3.46. The van der Waals surface area contributed by atoms with Crippen LogP contribution in [-0.2, 0) is 9.53 Å². The number of nitrogens with zero attached hydrogens (tertiary/aromatic N) is 1. The summed E-state index contributed by atoms with van der Waals surface area (Å²) in [6.45, 7) is 3.15. The highest BCUT2D eigenvalue weighted by Gasteiger charge is 2.30. The topological polar surface area (TPSA) is 87.7 Å². The molecule has 1 aliphatic carbocycles. The molecule has 0 unspecified atom stereocenters. The first-order valence-electron chi connectivity index (χ1n) is 9.21. The van der Waals surface area contributed by atoms with Gasteiger partial charge in [0.25, 0.3) is 0 Å². The fourth-order valence-electron chi connectivity index (χ4n) is 3.05. The molecule has 1 saturated heterocycles. The minimum Gasteiger partial charge on any atom is -0.462 e. The van der Waals surface area contributed by atoms with Gasteiger partial charge in [-0.25, -0.2) is 9.59 Å². The molecule has 0 bridgehead atoms. The van der Waals surface area contributed by atoms with Gasteiger partial charge < -0.3 is 20.3 Å². The van der Waals surface area contributed by atoms with E-state index in [4.69, 9.17) is 4.74 Å². The SMILES string of the molecule is CCOC(=O)c1ccccc1NC(=O)C1CCN(C(=O)NC2CC2)CC1. The molecular formula is C19H25N3O4. The van der Waals surface area contributed by atoms with E-state index >= 15 is 0 Å². The number of amides is 3. The van der Waals surface area contributed by atoms with Crippen LogP contribution in [0.15, 0.2) is 24.3 Å². The van der Waals surface area contributed by atoms with E-state index in [9.17, 15) is 14.4 Å². The summed E-state index contributed by atoms with van der Waals surface area (Å²) in [5, 5.41) is 5.82. The van der Waals surface area contributed by atoms with Crippen LogP contribution in [0, 0.1) is 5.92 Å². The molecule has 7 heteroatoms. The third kappa shape index (κ3) is 4.53. The van der Waals surface area contributed by atoms with Crippen molar-refractivity contribution in [3.63, 3.8) is 0 Å². The standard InChI is InChI=1S/C19H25N3O4/c1-2-26-18(24)15-5-3-4-6-16(15)21-17(23)13-9-11-22(12-10-13)19(25)20-14-7-8-14/h3-6,13-14H,2,7-12H2,1H3,(H,20,25)(H,21,23). The molecule has 1 heterocycles. The summed E-state index contributed by atoms with van der Waals surface area (Å²) in [5.41, 5.74) is 0.814. The maximum atomic E-state index is 12.6. The number of esters is 1. The summed E-state index contributed by atoms with van der Waals surface area (Å²) >= 11 is 0. The first kappa shape index (κ1) is 18.2. The summed E-state index contributed by atoms with van der Waals surface area (Å²) in [5.74, 6) is -0.741. The van der Waals surface area contributed by atoms with Gasteiger partial charge in [-0.1, -0.05) is 12.1 Å². The minimum atomic E-state index is -0.449. The largest absolute Gasteiger partial charge is 0.462 e. The van der Waals surface area contributed by atoms with Gasteiger partial charge in [0.2, 0.25) is 5.91 Å². The third-order valence-corrected chi connectivity index (χ3v) is 4.74. The molecule has 3 amide bonds. The minimum absolute atomic E-state index is 0.0287. The molecule has 140 valence electrons. The van der Waals surface area contributed by atoms with Crippen molar-refractivity contribution < 1.29 is 19.1 Å². The lowest BCUT2D eigenvalue weighted by atomic mass is 9.96. The number of benzene rings is 1. The van der Waals surface area contributed by atoms with E-state index < -0.39 is 5.97 Å². The van der Waals surface area contributed by atoms with Crippen LogP contribution in [-0.4, -0.2) is 48.5 Å². The van der Waals surface area contributed by atoms with Gasteiger partial charge in [-0.3, -0.25) is 4.79 Å². The molecule has 3 rings (SSSR count). The zero-order chi connectivity index (χ0) is 18.5. The number of piperidine rings is 1. The quantitative estimate of drug-likeness (QED) is 0.790. The number of nitrogens with one attached hydrogen (secondary N) is 2. The monoisotopic (exact) mass is 359 g/mol. The second kappa shape index (κ2) is 8.21. The Bertz CT molecular complexity index is 679. The number of ether oxygens (including phenoxy) is 1. The van der Waals surface area contributed by atoms with Crippen molar-refractivity contribution in [2.45, 2.75) is 38.6 Å². The molecule has 2 aliphatic rings. The number of likely N-dealkylation sites (tertiary alicyclic amines) is 1. The lowest BCUT2D eigenvalue weighted by molar-refractivity contribution is -0.121. The Morgan fingerprint density at radius 2 is 1.81 bits per heavy atom. The number of hydrogen-bond donors (Lipinski definition) is 2. The van der Waals surface area contributed by atoms with E-state index in [1.54, 1.807) is 36.1 Å². The highest BCUT2D eigenvalue weighted by Crippen LogP contribution is 2.23. The van der Waals surface area contributed by atoms with Crippen molar-refractivity contribution in [1.29, 1.82) is 0 Å². The van der Waals surface area contributed by atoms with E-state index in [-0.39, 0.29) is 24.5 Å². The molecule has 2 fully saturated rings. The molecule has 0 radical (unpaired) electrons. The summed E-state index contributed by atoms with van der Waals surface area (Å²) in [7, 11) is 0. The Balaban J connectivity index is 1.54. The predicted molar refractivity (Wildman–Crippen MR) is 96.9 cm³/mol. The second-order valence-corrected chi connectivity index (χ2v) is 6.74. The summed E-state index contributed by atoms with van der Waals surface area (Å²) in [6, 6.07) is 7.14. The van der Waals surface area contributed by atoms with Gasteiger partial charge in [0.15, 0.2) is 0 Å². The molecule has 2 N–H and O–H groups in total. The molecule has 1 saturated carbocycles. The maximum absolute atomic E-state index is 12.6. The van der Waals surface area contributed by atoms with Crippen LogP contribution in [0.1, 0.15) is 43.0 Å². The van der Waals surface area contributed by atoms with Crippen molar-refractivity contribution in [3.8, 4) is 0 Å². The lowest BCUT2D eigenvalue weighted by Gasteiger charge is -2.31. The third-order valence-electron chi connectivity index (χ3n) is 4.74.